The van der Waals surface area contributed by atoms with Crippen molar-refractivity contribution in [3.8, 4) is 0 Å². The van der Waals surface area contributed by atoms with Crippen LogP contribution in [-0.2, 0) is 8.85 Å². The Hall–Kier alpha value is 0.0969. The second-order valence-corrected chi connectivity index (χ2v) is 6.33. The lowest BCUT2D eigenvalue weighted by Gasteiger charge is -2.34. The van der Waals surface area contributed by atoms with Crippen LogP contribution in [-0.4, -0.2) is 40.6 Å². The summed E-state index contributed by atoms with van der Waals surface area (Å²) in [6.07, 6.45) is 0. The SMILES string of the molecule is CO[Si](C)(OC)N(C)C(C)C. The summed E-state index contributed by atoms with van der Waals surface area (Å²) in [7, 11) is 3.41. The minimum Gasteiger partial charge on any atom is -0.386 e. The predicted octanol–water partition coefficient (Wildman–Crippen LogP) is 1.19. The van der Waals surface area contributed by atoms with E-state index in [0.717, 1.165) is 0 Å². The van der Waals surface area contributed by atoms with Gasteiger partial charge in [-0.1, -0.05) is 13.8 Å². The van der Waals surface area contributed by atoms with Gasteiger partial charge in [-0.15, -0.1) is 0 Å². The van der Waals surface area contributed by atoms with Crippen LogP contribution in [0.4, 0.5) is 0 Å². The van der Waals surface area contributed by atoms with E-state index < -0.39 is 8.72 Å². The van der Waals surface area contributed by atoms with Crippen LogP contribution in [0, 0.1) is 0 Å². The lowest BCUT2D eigenvalue weighted by Crippen LogP contribution is -2.55. The van der Waals surface area contributed by atoms with E-state index in [2.05, 4.69) is 18.4 Å². The fourth-order valence-electron chi connectivity index (χ4n) is 0.840. The average Bonchev–Trinajstić information content (AvgIpc) is 2.01. The van der Waals surface area contributed by atoms with Gasteiger partial charge in [0.1, 0.15) is 0 Å². The maximum Gasteiger partial charge on any atom is 0.423 e. The molecule has 0 aromatic rings. The molecule has 4 heteroatoms. The van der Waals surface area contributed by atoms with E-state index in [-0.39, 0.29) is 0 Å². The summed E-state index contributed by atoms with van der Waals surface area (Å²) >= 11 is 0. The number of nitrogens with zero attached hydrogens (tertiary/aromatic N) is 1. The minimum absolute atomic E-state index is 0.464. The van der Waals surface area contributed by atoms with Crippen LogP contribution in [0.3, 0.4) is 0 Å². The first-order chi connectivity index (χ1) is 4.98. The maximum atomic E-state index is 5.35. The van der Waals surface area contributed by atoms with Crippen LogP contribution in [0.5, 0.6) is 0 Å². The first-order valence-corrected chi connectivity index (χ1v) is 6.07. The Kier molecular flexibility index (Phi) is 4.24. The summed E-state index contributed by atoms with van der Waals surface area (Å²) in [5, 5.41) is 0. The highest BCUT2D eigenvalue weighted by Crippen LogP contribution is 2.12. The molecular weight excluding hydrogens is 158 g/mol. The van der Waals surface area contributed by atoms with Gasteiger partial charge in [-0.2, -0.15) is 0 Å². The predicted molar refractivity (Wildman–Crippen MR) is 48.5 cm³/mol. The molecule has 0 aromatic carbocycles. The molecule has 0 aliphatic rings. The molecule has 0 bridgehead atoms. The van der Waals surface area contributed by atoms with E-state index in [1.54, 1.807) is 14.2 Å². The molecule has 0 saturated carbocycles. The van der Waals surface area contributed by atoms with Gasteiger partial charge in [-0.05, 0) is 13.6 Å². The van der Waals surface area contributed by atoms with Crippen molar-refractivity contribution in [2.45, 2.75) is 26.4 Å². The smallest absolute Gasteiger partial charge is 0.386 e. The standard InChI is InChI=1S/C7H19NO2Si/c1-7(2)8(3)11(6,9-4)10-5/h7H,1-6H3. The van der Waals surface area contributed by atoms with Crippen LogP contribution in [0.1, 0.15) is 13.8 Å². The molecule has 0 atom stereocenters. The van der Waals surface area contributed by atoms with Crippen molar-refractivity contribution in [2.24, 2.45) is 0 Å². The lowest BCUT2D eigenvalue weighted by molar-refractivity contribution is 0.168. The second-order valence-electron chi connectivity index (χ2n) is 3.01. The Balaban J connectivity index is 4.24. The Morgan fingerprint density at radius 1 is 1.18 bits per heavy atom. The van der Waals surface area contributed by atoms with Crippen LogP contribution in [0.15, 0.2) is 0 Å². The fraction of sp³-hybridized carbons (Fsp3) is 1.00. The Morgan fingerprint density at radius 3 is 1.64 bits per heavy atom. The normalized spacial score (nSPS) is 13.1. The van der Waals surface area contributed by atoms with Gasteiger partial charge < -0.3 is 8.85 Å². The second kappa shape index (κ2) is 4.20. The highest BCUT2D eigenvalue weighted by molar-refractivity contribution is 6.62. The zero-order valence-corrected chi connectivity index (χ0v) is 9.34. The summed E-state index contributed by atoms with van der Waals surface area (Å²) in [5.74, 6) is 0. The van der Waals surface area contributed by atoms with Crippen molar-refractivity contribution in [3.05, 3.63) is 0 Å². The summed E-state index contributed by atoms with van der Waals surface area (Å²) in [4.78, 5) is 0. The molecule has 0 N–H and O–H groups in total. The maximum absolute atomic E-state index is 5.35. The molecule has 0 radical (unpaired) electrons. The molecule has 0 spiro atoms. The monoisotopic (exact) mass is 177 g/mol. The molecule has 0 aliphatic heterocycles. The van der Waals surface area contributed by atoms with Gasteiger partial charge in [0, 0.05) is 20.3 Å². The Bertz CT molecular complexity index is 115. The molecule has 0 aromatic heterocycles. The lowest BCUT2D eigenvalue weighted by atomic mass is 10.4. The largest absolute Gasteiger partial charge is 0.423 e. The van der Waals surface area contributed by atoms with Crippen LogP contribution in [0.2, 0.25) is 6.55 Å². The van der Waals surface area contributed by atoms with Gasteiger partial charge in [-0.3, -0.25) is 4.57 Å². The summed E-state index contributed by atoms with van der Waals surface area (Å²) in [6.45, 7) is 6.29. The van der Waals surface area contributed by atoms with Gasteiger partial charge in [0.2, 0.25) is 0 Å². The van der Waals surface area contributed by atoms with Crippen molar-refractivity contribution >= 4 is 8.72 Å². The van der Waals surface area contributed by atoms with E-state index in [4.69, 9.17) is 8.85 Å². The van der Waals surface area contributed by atoms with Crippen LogP contribution < -0.4 is 0 Å². The Labute approximate surface area is 70.6 Å². The van der Waals surface area contributed by atoms with Crippen LogP contribution >= 0.6 is 0 Å². The minimum atomic E-state index is -2.03. The van der Waals surface area contributed by atoms with E-state index in [0.29, 0.717) is 6.04 Å². The zero-order chi connectivity index (χ0) is 9.07. The molecule has 11 heavy (non-hydrogen) atoms. The van der Waals surface area contributed by atoms with E-state index >= 15 is 0 Å². The number of rotatable bonds is 4. The first-order valence-electron chi connectivity index (χ1n) is 3.81. The van der Waals surface area contributed by atoms with E-state index in [1.807, 2.05) is 13.6 Å². The van der Waals surface area contributed by atoms with Gasteiger partial charge in [-0.25, -0.2) is 0 Å². The molecular formula is C7H19NO2Si. The van der Waals surface area contributed by atoms with Crippen molar-refractivity contribution in [1.82, 2.24) is 4.57 Å². The molecule has 0 saturated heterocycles. The molecule has 0 fully saturated rings. The zero-order valence-electron chi connectivity index (χ0n) is 8.34. The third-order valence-electron chi connectivity index (χ3n) is 2.17. The first kappa shape index (κ1) is 11.1. The highest BCUT2D eigenvalue weighted by Gasteiger charge is 2.36. The number of hydrogen-bond acceptors (Lipinski definition) is 3. The van der Waals surface area contributed by atoms with E-state index in [9.17, 15) is 0 Å². The van der Waals surface area contributed by atoms with Crippen molar-refractivity contribution in [3.63, 3.8) is 0 Å². The average molecular weight is 177 g/mol. The van der Waals surface area contributed by atoms with Crippen LogP contribution in [0.25, 0.3) is 0 Å². The molecule has 0 heterocycles. The molecule has 0 aliphatic carbocycles. The van der Waals surface area contributed by atoms with Gasteiger partial charge in [0.25, 0.3) is 0 Å². The van der Waals surface area contributed by atoms with Gasteiger partial charge in [0.15, 0.2) is 0 Å². The fourth-order valence-corrected chi connectivity index (χ4v) is 2.52. The van der Waals surface area contributed by atoms with Gasteiger partial charge in [0.05, 0.1) is 0 Å². The van der Waals surface area contributed by atoms with Crippen molar-refractivity contribution in [2.75, 3.05) is 21.3 Å². The Morgan fingerprint density at radius 2 is 1.55 bits per heavy atom. The third kappa shape index (κ3) is 2.55. The topological polar surface area (TPSA) is 21.7 Å². The third-order valence-corrected chi connectivity index (χ3v) is 5.49. The van der Waals surface area contributed by atoms with Crippen molar-refractivity contribution in [1.29, 1.82) is 0 Å². The molecule has 0 amide bonds. The van der Waals surface area contributed by atoms with Crippen molar-refractivity contribution < 1.29 is 8.85 Å². The highest BCUT2D eigenvalue weighted by atomic mass is 28.4. The molecule has 0 unspecified atom stereocenters. The summed E-state index contributed by atoms with van der Waals surface area (Å²) < 4.78 is 12.9. The van der Waals surface area contributed by atoms with Gasteiger partial charge >= 0.3 is 8.72 Å². The number of hydrogen-bond donors (Lipinski definition) is 0. The quantitative estimate of drug-likeness (QED) is 0.602. The molecule has 68 valence electrons. The summed E-state index contributed by atoms with van der Waals surface area (Å²) in [5.41, 5.74) is 0. The van der Waals surface area contributed by atoms with E-state index in [1.165, 1.54) is 0 Å². The molecule has 0 rings (SSSR count). The summed E-state index contributed by atoms with van der Waals surface area (Å²) in [6, 6.07) is 0.464. The molecule has 3 nitrogen and oxygen atoms in total.